The molecule has 1 saturated heterocycles. The molecule has 0 unspecified atom stereocenters. The summed E-state index contributed by atoms with van der Waals surface area (Å²) in [7, 11) is 0. The van der Waals surface area contributed by atoms with Gasteiger partial charge in [0.25, 0.3) is 5.91 Å². The first-order valence-electron chi connectivity index (χ1n) is 7.23. The largest absolute Gasteiger partial charge is 0.479 e. The quantitative estimate of drug-likeness (QED) is 0.930. The second kappa shape index (κ2) is 6.47. The minimum atomic E-state index is -1.05. The third-order valence-electron chi connectivity index (χ3n) is 3.64. The smallest absolute Gasteiger partial charge is 0.334 e. The number of aryl methyl sites for hydroxylation is 1. The van der Waals surface area contributed by atoms with Gasteiger partial charge in [-0.25, -0.2) is 9.78 Å². The van der Waals surface area contributed by atoms with Gasteiger partial charge >= 0.3 is 5.97 Å². The molecule has 0 spiro atoms. The lowest BCUT2D eigenvalue weighted by Gasteiger charge is -2.30. The third kappa shape index (κ3) is 3.25. The van der Waals surface area contributed by atoms with Crippen molar-refractivity contribution < 1.29 is 19.4 Å². The lowest BCUT2D eigenvalue weighted by molar-refractivity contribution is -0.154. The maximum absolute atomic E-state index is 12.7. The zero-order chi connectivity index (χ0) is 16.4. The van der Waals surface area contributed by atoms with Crippen molar-refractivity contribution in [1.82, 2.24) is 9.88 Å². The zero-order valence-electron chi connectivity index (χ0n) is 12.6. The highest BCUT2D eigenvalue weighted by atomic mass is 32.1. The number of rotatable bonds is 3. The summed E-state index contributed by atoms with van der Waals surface area (Å²) in [6.07, 6.45) is -0.963. The zero-order valence-corrected chi connectivity index (χ0v) is 13.4. The molecule has 1 aromatic heterocycles. The fourth-order valence-electron chi connectivity index (χ4n) is 2.43. The van der Waals surface area contributed by atoms with E-state index < -0.39 is 12.1 Å². The number of carbonyl (C=O) groups is 2. The first kappa shape index (κ1) is 15.6. The molecule has 0 radical (unpaired) electrons. The maximum Gasteiger partial charge on any atom is 0.334 e. The van der Waals surface area contributed by atoms with E-state index in [0.717, 1.165) is 10.6 Å². The summed E-state index contributed by atoms with van der Waals surface area (Å²) in [4.78, 5) is 30.3. The highest BCUT2D eigenvalue weighted by molar-refractivity contribution is 7.17. The van der Waals surface area contributed by atoms with Crippen LogP contribution in [0, 0.1) is 6.92 Å². The van der Waals surface area contributed by atoms with E-state index in [1.165, 1.54) is 16.2 Å². The van der Waals surface area contributed by atoms with Crippen LogP contribution in [-0.2, 0) is 9.53 Å². The molecule has 3 rings (SSSR count). The Kier molecular flexibility index (Phi) is 4.40. The van der Waals surface area contributed by atoms with E-state index in [-0.39, 0.29) is 19.1 Å². The first-order chi connectivity index (χ1) is 11.1. The molecule has 1 N–H and O–H groups in total. The van der Waals surface area contributed by atoms with E-state index >= 15 is 0 Å². The molecule has 0 bridgehead atoms. The van der Waals surface area contributed by atoms with Crippen molar-refractivity contribution in [3.63, 3.8) is 0 Å². The second-order valence-corrected chi connectivity index (χ2v) is 6.25. The van der Waals surface area contributed by atoms with Crippen LogP contribution >= 0.6 is 11.3 Å². The number of hydrogen-bond acceptors (Lipinski definition) is 5. The van der Waals surface area contributed by atoms with E-state index in [1.54, 1.807) is 6.92 Å². The standard InChI is InChI=1S/C16H16N2O4S/c1-10-13(23-14(17-10)11-5-3-2-4-6-11)15(19)18-7-8-22-12(9-18)16(20)21/h2-6,12H,7-9H2,1H3,(H,20,21)/t12-/m0/s1. The molecule has 1 amide bonds. The predicted molar refractivity (Wildman–Crippen MR) is 85.6 cm³/mol. The summed E-state index contributed by atoms with van der Waals surface area (Å²) in [6, 6.07) is 9.67. The Balaban J connectivity index is 1.83. The van der Waals surface area contributed by atoms with E-state index in [4.69, 9.17) is 9.84 Å². The summed E-state index contributed by atoms with van der Waals surface area (Å²) in [5, 5.41) is 9.83. The van der Waals surface area contributed by atoms with Crippen LogP contribution in [0.3, 0.4) is 0 Å². The van der Waals surface area contributed by atoms with E-state index in [1.807, 2.05) is 30.3 Å². The van der Waals surface area contributed by atoms with Crippen LogP contribution in [0.4, 0.5) is 0 Å². The number of ether oxygens (including phenoxy) is 1. The van der Waals surface area contributed by atoms with Gasteiger partial charge in [-0.3, -0.25) is 4.79 Å². The molecule has 0 saturated carbocycles. The van der Waals surface area contributed by atoms with Gasteiger partial charge in [0.05, 0.1) is 18.8 Å². The molecular weight excluding hydrogens is 316 g/mol. The Bertz CT molecular complexity index is 729. The first-order valence-corrected chi connectivity index (χ1v) is 8.04. The van der Waals surface area contributed by atoms with Gasteiger partial charge in [0, 0.05) is 12.1 Å². The predicted octanol–water partition coefficient (Wildman–Crippen LogP) is 2.04. The molecule has 2 heterocycles. The Morgan fingerprint density at radius 2 is 2.09 bits per heavy atom. The second-order valence-electron chi connectivity index (χ2n) is 5.25. The van der Waals surface area contributed by atoms with Crippen molar-refractivity contribution in [1.29, 1.82) is 0 Å². The van der Waals surface area contributed by atoms with Gasteiger partial charge in [-0.1, -0.05) is 30.3 Å². The normalized spacial score (nSPS) is 18.0. The summed E-state index contributed by atoms with van der Waals surface area (Å²) in [6.45, 7) is 2.48. The minimum Gasteiger partial charge on any atom is -0.479 e. The number of amides is 1. The van der Waals surface area contributed by atoms with Crippen molar-refractivity contribution in [2.24, 2.45) is 0 Å². The molecule has 1 atom stereocenters. The fraction of sp³-hybridized carbons (Fsp3) is 0.312. The minimum absolute atomic E-state index is 0.0617. The number of hydrogen-bond donors (Lipinski definition) is 1. The van der Waals surface area contributed by atoms with E-state index in [0.29, 0.717) is 17.1 Å². The molecule has 1 aliphatic rings. The molecule has 23 heavy (non-hydrogen) atoms. The number of aromatic nitrogens is 1. The molecule has 120 valence electrons. The van der Waals surface area contributed by atoms with Crippen LogP contribution < -0.4 is 0 Å². The number of thiazole rings is 1. The number of morpholine rings is 1. The van der Waals surface area contributed by atoms with Crippen LogP contribution in [0.15, 0.2) is 30.3 Å². The van der Waals surface area contributed by atoms with Crippen molar-refractivity contribution in [3.8, 4) is 10.6 Å². The van der Waals surface area contributed by atoms with Crippen LogP contribution in [-0.4, -0.2) is 52.7 Å². The average molecular weight is 332 g/mol. The average Bonchev–Trinajstić information content (AvgIpc) is 2.97. The number of benzene rings is 1. The number of carboxylic acids is 1. The number of nitrogens with zero attached hydrogens (tertiary/aromatic N) is 2. The summed E-state index contributed by atoms with van der Waals surface area (Å²) < 4.78 is 5.15. The topological polar surface area (TPSA) is 79.7 Å². The maximum atomic E-state index is 12.7. The molecule has 1 aliphatic heterocycles. The van der Waals surface area contributed by atoms with E-state index in [2.05, 4.69) is 4.98 Å². The van der Waals surface area contributed by atoms with Gasteiger partial charge in [-0.15, -0.1) is 11.3 Å². The third-order valence-corrected chi connectivity index (χ3v) is 4.84. The van der Waals surface area contributed by atoms with Gasteiger partial charge in [-0.2, -0.15) is 0 Å². The number of aliphatic carboxylic acids is 1. The lowest BCUT2D eigenvalue weighted by Crippen LogP contribution is -2.48. The number of carbonyl (C=O) groups excluding carboxylic acids is 1. The van der Waals surface area contributed by atoms with Crippen LogP contribution in [0.2, 0.25) is 0 Å². The summed E-state index contributed by atoms with van der Waals surface area (Å²) >= 11 is 1.33. The molecule has 7 heteroatoms. The van der Waals surface area contributed by atoms with Gasteiger partial charge in [0.2, 0.25) is 0 Å². The molecule has 2 aromatic rings. The summed E-state index contributed by atoms with van der Waals surface area (Å²) in [5.41, 5.74) is 1.63. The van der Waals surface area contributed by atoms with Gasteiger partial charge in [-0.05, 0) is 6.92 Å². The van der Waals surface area contributed by atoms with Crippen molar-refractivity contribution >= 4 is 23.2 Å². The molecule has 6 nitrogen and oxygen atoms in total. The van der Waals surface area contributed by atoms with E-state index in [9.17, 15) is 9.59 Å². The van der Waals surface area contributed by atoms with Crippen molar-refractivity contribution in [2.45, 2.75) is 13.0 Å². The van der Waals surface area contributed by atoms with Crippen LogP contribution in [0.25, 0.3) is 10.6 Å². The number of carboxylic acid groups (broad SMARTS) is 1. The van der Waals surface area contributed by atoms with Crippen LogP contribution in [0.1, 0.15) is 15.4 Å². The van der Waals surface area contributed by atoms with Crippen molar-refractivity contribution in [3.05, 3.63) is 40.9 Å². The fourth-order valence-corrected chi connectivity index (χ4v) is 3.47. The Labute approximate surface area is 137 Å². The van der Waals surface area contributed by atoms with Gasteiger partial charge in [0.1, 0.15) is 9.88 Å². The molecule has 1 aromatic carbocycles. The highest BCUT2D eigenvalue weighted by Gasteiger charge is 2.31. The van der Waals surface area contributed by atoms with Gasteiger partial charge < -0.3 is 14.7 Å². The lowest BCUT2D eigenvalue weighted by atomic mass is 10.2. The molecular formula is C16H16N2O4S. The van der Waals surface area contributed by atoms with Crippen molar-refractivity contribution in [2.75, 3.05) is 19.7 Å². The Hall–Kier alpha value is -2.25. The monoisotopic (exact) mass is 332 g/mol. The SMILES string of the molecule is Cc1nc(-c2ccccc2)sc1C(=O)N1CCO[C@H](C(=O)O)C1. The molecule has 0 aliphatic carbocycles. The Morgan fingerprint density at radius 3 is 2.78 bits per heavy atom. The highest BCUT2D eigenvalue weighted by Crippen LogP contribution is 2.29. The van der Waals surface area contributed by atoms with Gasteiger partial charge in [0.15, 0.2) is 6.10 Å². The Morgan fingerprint density at radius 1 is 1.35 bits per heavy atom. The summed E-state index contributed by atoms with van der Waals surface area (Å²) in [5.74, 6) is -1.23. The molecule has 1 fully saturated rings. The van der Waals surface area contributed by atoms with Crippen LogP contribution in [0.5, 0.6) is 0 Å².